The summed E-state index contributed by atoms with van der Waals surface area (Å²) in [6.45, 7) is 5.76. The van der Waals surface area contributed by atoms with E-state index in [4.69, 9.17) is 4.98 Å². The molecule has 0 bridgehead atoms. The second-order valence-corrected chi connectivity index (χ2v) is 9.28. The molecular formula is C22H28ClN3OS2. The third kappa shape index (κ3) is 5.72. The highest BCUT2D eigenvalue weighted by atomic mass is 35.5. The van der Waals surface area contributed by atoms with Crippen molar-refractivity contribution in [2.45, 2.75) is 25.2 Å². The number of carbonyl (C=O) groups excluding carboxylic acids is 1. The second kappa shape index (κ2) is 11.0. The Morgan fingerprint density at radius 2 is 1.86 bits per heavy atom. The summed E-state index contributed by atoms with van der Waals surface area (Å²) in [6.07, 6.45) is 0.900. The summed E-state index contributed by atoms with van der Waals surface area (Å²) in [5.41, 5.74) is 2.89. The van der Waals surface area contributed by atoms with Crippen molar-refractivity contribution in [2.75, 3.05) is 37.8 Å². The van der Waals surface area contributed by atoms with Crippen LogP contribution in [-0.4, -0.2) is 48.7 Å². The molecule has 4 nitrogen and oxygen atoms in total. The van der Waals surface area contributed by atoms with E-state index in [9.17, 15) is 4.79 Å². The van der Waals surface area contributed by atoms with Crippen molar-refractivity contribution in [2.24, 2.45) is 0 Å². The van der Waals surface area contributed by atoms with Crippen LogP contribution >= 0.6 is 35.5 Å². The molecule has 1 aromatic heterocycles. The highest BCUT2D eigenvalue weighted by molar-refractivity contribution is 7.99. The second-order valence-electron chi connectivity index (χ2n) is 6.96. The number of hydrogen-bond donors (Lipinski definition) is 0. The van der Waals surface area contributed by atoms with Crippen molar-refractivity contribution in [3.63, 3.8) is 0 Å². The molecule has 0 radical (unpaired) electrons. The summed E-state index contributed by atoms with van der Waals surface area (Å²) in [7, 11) is 4.11. The minimum atomic E-state index is 0. The number of anilines is 1. The fourth-order valence-electron chi connectivity index (χ4n) is 3.09. The lowest BCUT2D eigenvalue weighted by molar-refractivity contribution is 0.0983. The van der Waals surface area contributed by atoms with Crippen LogP contribution in [0.1, 0.15) is 29.3 Å². The van der Waals surface area contributed by atoms with E-state index in [0.29, 0.717) is 6.54 Å². The van der Waals surface area contributed by atoms with Crippen LogP contribution in [0.4, 0.5) is 5.13 Å². The number of aryl methyl sites for hydroxylation is 1. The number of benzene rings is 2. The van der Waals surface area contributed by atoms with Crippen LogP contribution in [0.15, 0.2) is 47.4 Å². The number of fused-ring (bicyclic) bond motifs is 1. The maximum Gasteiger partial charge on any atom is 0.261 e. The van der Waals surface area contributed by atoms with Crippen molar-refractivity contribution >= 4 is 56.8 Å². The summed E-state index contributed by atoms with van der Waals surface area (Å²) in [6, 6.07) is 14.1. The SMILES string of the molecule is CCSc1ccccc1C(=O)N(CCCN(C)C)c1nc2c(C)cccc2s1.Cl. The number of rotatable bonds is 8. The van der Waals surface area contributed by atoms with Gasteiger partial charge < -0.3 is 4.90 Å². The lowest BCUT2D eigenvalue weighted by Gasteiger charge is -2.22. The molecule has 0 saturated heterocycles. The first-order valence-corrected chi connectivity index (χ1v) is 11.4. The van der Waals surface area contributed by atoms with Crippen molar-refractivity contribution in [3.8, 4) is 0 Å². The zero-order valence-electron chi connectivity index (χ0n) is 17.3. The van der Waals surface area contributed by atoms with Gasteiger partial charge in [-0.25, -0.2) is 4.98 Å². The van der Waals surface area contributed by atoms with E-state index in [2.05, 4.69) is 45.0 Å². The predicted molar refractivity (Wildman–Crippen MR) is 129 cm³/mol. The van der Waals surface area contributed by atoms with Crippen molar-refractivity contribution in [1.29, 1.82) is 0 Å². The van der Waals surface area contributed by atoms with Crippen LogP contribution in [-0.2, 0) is 0 Å². The molecular weight excluding hydrogens is 422 g/mol. The number of thioether (sulfide) groups is 1. The van der Waals surface area contributed by atoms with Gasteiger partial charge in [-0.1, -0.05) is 42.5 Å². The van der Waals surface area contributed by atoms with Gasteiger partial charge >= 0.3 is 0 Å². The largest absolute Gasteiger partial charge is 0.309 e. The van der Waals surface area contributed by atoms with Gasteiger partial charge in [0.1, 0.15) is 0 Å². The summed E-state index contributed by atoms with van der Waals surface area (Å²) < 4.78 is 1.12. The molecule has 2 aromatic carbocycles. The maximum atomic E-state index is 13.5. The molecule has 29 heavy (non-hydrogen) atoms. The highest BCUT2D eigenvalue weighted by Crippen LogP contribution is 2.32. The number of aromatic nitrogens is 1. The van der Waals surface area contributed by atoms with Gasteiger partial charge in [-0.15, -0.1) is 24.2 Å². The topological polar surface area (TPSA) is 36.4 Å². The first-order valence-electron chi connectivity index (χ1n) is 9.55. The Kier molecular flexibility index (Phi) is 8.96. The highest BCUT2D eigenvalue weighted by Gasteiger charge is 2.23. The molecule has 0 aliphatic rings. The van der Waals surface area contributed by atoms with E-state index in [0.717, 1.165) is 50.1 Å². The number of amides is 1. The third-order valence-corrected chi connectivity index (χ3v) is 6.49. The molecule has 3 rings (SSSR count). The van der Waals surface area contributed by atoms with Crippen molar-refractivity contribution in [1.82, 2.24) is 9.88 Å². The zero-order chi connectivity index (χ0) is 20.1. The minimum Gasteiger partial charge on any atom is -0.309 e. The number of para-hydroxylation sites is 1. The van der Waals surface area contributed by atoms with Gasteiger partial charge in [0.05, 0.1) is 15.8 Å². The monoisotopic (exact) mass is 449 g/mol. The Morgan fingerprint density at radius 3 is 2.55 bits per heavy atom. The summed E-state index contributed by atoms with van der Waals surface area (Å²) >= 11 is 3.30. The number of thiazole rings is 1. The average Bonchev–Trinajstić information content (AvgIpc) is 3.10. The molecule has 0 unspecified atom stereocenters. The van der Waals surface area contributed by atoms with Crippen LogP contribution in [0.3, 0.4) is 0 Å². The summed E-state index contributed by atoms with van der Waals surface area (Å²) in [5.74, 6) is 0.970. The Labute approximate surface area is 187 Å². The van der Waals surface area contributed by atoms with Crippen LogP contribution in [0, 0.1) is 6.92 Å². The first-order chi connectivity index (χ1) is 13.5. The van der Waals surface area contributed by atoms with Gasteiger partial charge in [-0.3, -0.25) is 9.69 Å². The number of carbonyl (C=O) groups is 1. The maximum absolute atomic E-state index is 13.5. The molecule has 156 valence electrons. The Hall–Kier alpha value is -1.60. The van der Waals surface area contributed by atoms with Gasteiger partial charge in [0.15, 0.2) is 5.13 Å². The van der Waals surface area contributed by atoms with Crippen molar-refractivity contribution < 1.29 is 4.79 Å². The van der Waals surface area contributed by atoms with Crippen LogP contribution in [0.5, 0.6) is 0 Å². The molecule has 0 atom stereocenters. The van der Waals surface area contributed by atoms with Crippen LogP contribution in [0.25, 0.3) is 10.2 Å². The fraction of sp³-hybridized carbons (Fsp3) is 0.364. The molecule has 0 saturated carbocycles. The average molecular weight is 450 g/mol. The number of nitrogens with zero attached hydrogens (tertiary/aromatic N) is 3. The molecule has 1 heterocycles. The van der Waals surface area contributed by atoms with E-state index in [1.54, 1.807) is 23.1 Å². The summed E-state index contributed by atoms with van der Waals surface area (Å²) in [4.78, 5) is 23.4. The molecule has 0 spiro atoms. The Morgan fingerprint density at radius 1 is 1.10 bits per heavy atom. The molecule has 0 aliphatic heterocycles. The molecule has 0 N–H and O–H groups in total. The third-order valence-electron chi connectivity index (χ3n) is 4.49. The number of hydrogen-bond acceptors (Lipinski definition) is 5. The molecule has 0 fully saturated rings. The standard InChI is InChI=1S/C22H27N3OS2.ClH/c1-5-27-18-12-7-6-11-17(18)21(26)25(15-9-14-24(3)4)22-23-20-16(2)10-8-13-19(20)28-22;/h6-8,10-13H,5,9,14-15H2,1-4H3;1H. The lowest BCUT2D eigenvalue weighted by Crippen LogP contribution is -2.33. The van der Waals surface area contributed by atoms with Crippen LogP contribution in [0.2, 0.25) is 0 Å². The van der Waals surface area contributed by atoms with E-state index >= 15 is 0 Å². The van der Waals surface area contributed by atoms with Crippen LogP contribution < -0.4 is 4.90 Å². The smallest absolute Gasteiger partial charge is 0.261 e. The molecule has 0 aliphatic carbocycles. The lowest BCUT2D eigenvalue weighted by atomic mass is 10.2. The van der Waals surface area contributed by atoms with Gasteiger partial charge in [-0.05, 0) is 63.5 Å². The minimum absolute atomic E-state index is 0. The summed E-state index contributed by atoms with van der Waals surface area (Å²) in [5, 5.41) is 0.782. The zero-order valence-corrected chi connectivity index (χ0v) is 19.8. The van der Waals surface area contributed by atoms with E-state index in [1.807, 2.05) is 35.2 Å². The molecule has 7 heteroatoms. The Bertz CT molecular complexity index is 958. The molecule has 3 aromatic rings. The Balaban J connectivity index is 0.00000300. The van der Waals surface area contributed by atoms with Gasteiger partial charge in [0, 0.05) is 11.4 Å². The van der Waals surface area contributed by atoms with Crippen molar-refractivity contribution in [3.05, 3.63) is 53.6 Å². The quantitative estimate of drug-likeness (QED) is 0.411. The van der Waals surface area contributed by atoms with E-state index < -0.39 is 0 Å². The fourth-order valence-corrected chi connectivity index (χ4v) is 4.95. The van der Waals surface area contributed by atoms with Gasteiger partial charge in [0.25, 0.3) is 5.91 Å². The normalized spacial score (nSPS) is 10.9. The van der Waals surface area contributed by atoms with E-state index in [1.165, 1.54) is 0 Å². The van der Waals surface area contributed by atoms with Gasteiger partial charge in [0.2, 0.25) is 0 Å². The number of halogens is 1. The first kappa shape index (κ1) is 23.7. The van der Waals surface area contributed by atoms with E-state index in [-0.39, 0.29) is 18.3 Å². The molecule has 1 amide bonds. The predicted octanol–water partition coefficient (Wildman–Crippen LogP) is 5.74. The van der Waals surface area contributed by atoms with Gasteiger partial charge in [-0.2, -0.15) is 0 Å².